The largest absolute Gasteiger partial charge is 0.494 e. The summed E-state index contributed by atoms with van der Waals surface area (Å²) in [6.45, 7) is 2.43. The number of aliphatic carboxylic acids is 1. The fraction of sp³-hybridized carbons (Fsp3) is 0.458. The molecular formula is C24H27ClO8. The molecular weight excluding hydrogens is 452 g/mol. The number of aliphatic hydroxyl groups is 5. The first-order chi connectivity index (χ1) is 15.6. The maximum atomic E-state index is 12.1. The Morgan fingerprint density at radius 2 is 1.73 bits per heavy atom. The number of carboxylic acids is 1. The van der Waals surface area contributed by atoms with Gasteiger partial charge in [-0.15, -0.1) is 0 Å². The quantitative estimate of drug-likeness (QED) is 0.358. The first kappa shape index (κ1) is 23.9. The van der Waals surface area contributed by atoms with E-state index in [0.29, 0.717) is 23.6 Å². The fourth-order valence-electron chi connectivity index (χ4n) is 5.53. The normalized spacial score (nSPS) is 35.4. The molecule has 2 aromatic carbocycles. The molecule has 2 aromatic rings. The lowest BCUT2D eigenvalue weighted by atomic mass is 9.59. The zero-order valence-electron chi connectivity index (χ0n) is 17.9. The van der Waals surface area contributed by atoms with Crippen LogP contribution in [0.5, 0.6) is 5.75 Å². The van der Waals surface area contributed by atoms with E-state index in [1.807, 2.05) is 31.2 Å². The predicted octanol–water partition coefficient (Wildman–Crippen LogP) is 0.860. The second-order valence-electron chi connectivity index (χ2n) is 8.84. The summed E-state index contributed by atoms with van der Waals surface area (Å²) >= 11 is 6.41. The number of carbonyl (C=O) groups is 1. The minimum absolute atomic E-state index is 0.231. The van der Waals surface area contributed by atoms with Gasteiger partial charge in [-0.25, -0.2) is 0 Å². The van der Waals surface area contributed by atoms with Crippen molar-refractivity contribution in [3.8, 4) is 5.75 Å². The van der Waals surface area contributed by atoms with E-state index < -0.39 is 53.7 Å². The number of benzene rings is 2. The van der Waals surface area contributed by atoms with Crippen molar-refractivity contribution in [3.05, 3.63) is 64.2 Å². The Balaban J connectivity index is 1.77. The maximum absolute atomic E-state index is 12.1. The van der Waals surface area contributed by atoms with Crippen LogP contribution in [0, 0.1) is 5.41 Å². The van der Waals surface area contributed by atoms with Crippen LogP contribution in [0.2, 0.25) is 5.02 Å². The van der Waals surface area contributed by atoms with Gasteiger partial charge < -0.3 is 35.4 Å². The molecule has 0 aliphatic heterocycles. The Morgan fingerprint density at radius 1 is 1.06 bits per heavy atom. The molecule has 7 atom stereocenters. The molecule has 8 nitrogen and oxygen atoms in total. The molecule has 2 saturated carbocycles. The Labute approximate surface area is 195 Å². The molecule has 2 fully saturated rings. The van der Waals surface area contributed by atoms with Crippen molar-refractivity contribution < 1.29 is 40.2 Å². The highest BCUT2D eigenvalue weighted by Gasteiger charge is 2.76. The van der Waals surface area contributed by atoms with Gasteiger partial charge in [-0.2, -0.15) is 0 Å². The van der Waals surface area contributed by atoms with E-state index >= 15 is 0 Å². The van der Waals surface area contributed by atoms with Gasteiger partial charge in [0.2, 0.25) is 0 Å². The molecule has 2 aliphatic carbocycles. The highest BCUT2D eigenvalue weighted by atomic mass is 35.5. The maximum Gasteiger partial charge on any atom is 0.315 e. The summed E-state index contributed by atoms with van der Waals surface area (Å²) in [4.78, 5) is 12.1. The Hall–Kier alpha value is -2.20. The minimum Gasteiger partial charge on any atom is -0.494 e. The molecule has 6 N–H and O–H groups in total. The third kappa shape index (κ3) is 3.36. The SMILES string of the molecule is CCOc1ccc(Cc2cc([C@]34C(O)C[C@](C(=O)O)(C3O)[C@H](O)[C@@H](O)[C@@H]4O)ccc2Cl)cc1. The van der Waals surface area contributed by atoms with Gasteiger partial charge in [0.15, 0.2) is 0 Å². The number of ether oxygens (including phenoxy) is 1. The van der Waals surface area contributed by atoms with E-state index in [0.717, 1.165) is 11.3 Å². The first-order valence-electron chi connectivity index (χ1n) is 10.7. The molecule has 0 saturated heterocycles. The Kier molecular flexibility index (Phi) is 6.20. The smallest absolute Gasteiger partial charge is 0.315 e. The van der Waals surface area contributed by atoms with Crippen LogP contribution in [0.25, 0.3) is 0 Å². The van der Waals surface area contributed by atoms with Crippen LogP contribution in [-0.2, 0) is 16.6 Å². The molecule has 2 bridgehead atoms. The second kappa shape index (κ2) is 8.54. The van der Waals surface area contributed by atoms with Crippen LogP contribution in [0.1, 0.15) is 30.0 Å². The summed E-state index contributed by atoms with van der Waals surface area (Å²) < 4.78 is 5.45. The van der Waals surface area contributed by atoms with Crippen molar-refractivity contribution in [2.24, 2.45) is 5.41 Å². The van der Waals surface area contributed by atoms with Crippen LogP contribution >= 0.6 is 11.6 Å². The van der Waals surface area contributed by atoms with Crippen molar-refractivity contribution in [3.63, 3.8) is 0 Å². The van der Waals surface area contributed by atoms with Crippen LogP contribution in [0.3, 0.4) is 0 Å². The van der Waals surface area contributed by atoms with Crippen molar-refractivity contribution in [1.29, 1.82) is 0 Å². The van der Waals surface area contributed by atoms with Crippen LogP contribution in [-0.4, -0.2) is 73.7 Å². The van der Waals surface area contributed by atoms with E-state index in [1.165, 1.54) is 6.07 Å². The number of rotatable bonds is 6. The summed E-state index contributed by atoms with van der Waals surface area (Å²) in [5, 5.41) is 64.3. The van der Waals surface area contributed by atoms with Gasteiger partial charge in [0.25, 0.3) is 0 Å². The third-order valence-electron chi connectivity index (χ3n) is 7.26. The lowest BCUT2D eigenvalue weighted by Crippen LogP contribution is -2.70. The number of carboxylic acid groups (broad SMARTS) is 1. The van der Waals surface area contributed by atoms with Crippen molar-refractivity contribution in [2.45, 2.75) is 55.7 Å². The zero-order chi connectivity index (χ0) is 24.1. The topological polar surface area (TPSA) is 148 Å². The van der Waals surface area contributed by atoms with Gasteiger partial charge in [0.1, 0.15) is 23.4 Å². The minimum atomic E-state index is -2.23. The fourth-order valence-corrected chi connectivity index (χ4v) is 5.72. The number of aliphatic hydroxyl groups excluding tert-OH is 5. The summed E-state index contributed by atoms with van der Waals surface area (Å²) in [6, 6.07) is 12.0. The van der Waals surface area contributed by atoms with E-state index in [-0.39, 0.29) is 5.56 Å². The highest BCUT2D eigenvalue weighted by Crippen LogP contribution is 2.59. The van der Waals surface area contributed by atoms with Gasteiger partial charge in [-0.05, 0) is 54.7 Å². The summed E-state index contributed by atoms with van der Waals surface area (Å²) in [6.07, 6.45) is -9.20. The first-order valence-corrected chi connectivity index (χ1v) is 11.1. The van der Waals surface area contributed by atoms with Crippen LogP contribution in [0.4, 0.5) is 0 Å². The lowest BCUT2D eigenvalue weighted by molar-refractivity contribution is -0.219. The second-order valence-corrected chi connectivity index (χ2v) is 9.25. The Bertz CT molecular complexity index is 1040. The van der Waals surface area contributed by atoms with Gasteiger partial charge in [0.05, 0.1) is 30.3 Å². The molecule has 2 unspecified atom stereocenters. The predicted molar refractivity (Wildman–Crippen MR) is 118 cm³/mol. The molecule has 178 valence electrons. The molecule has 0 spiro atoms. The van der Waals surface area contributed by atoms with Gasteiger partial charge >= 0.3 is 5.97 Å². The number of halogens is 1. The average Bonchev–Trinajstić information content (AvgIpc) is 3.00. The summed E-state index contributed by atoms with van der Waals surface area (Å²) in [5.41, 5.74) is -2.40. The van der Waals surface area contributed by atoms with Crippen molar-refractivity contribution in [2.75, 3.05) is 6.61 Å². The molecule has 4 rings (SSSR count). The molecule has 0 aromatic heterocycles. The molecule has 2 aliphatic rings. The molecule has 0 radical (unpaired) electrons. The number of hydrogen-bond acceptors (Lipinski definition) is 7. The molecule has 0 amide bonds. The standard InChI is InChI=1S/C24H27ClO8/c1-2-33-15-6-3-12(4-7-15)9-13-10-14(5-8-16(13)25)24-17(26)11-23(21(24)30,22(31)32)19(28)18(27)20(24)29/h3-8,10,17-21,26-30H,2,9,11H2,1H3,(H,31,32)/t17?,18-,19-,20+,21?,23-,24-/m1/s1. The molecule has 0 heterocycles. The van der Waals surface area contributed by atoms with Crippen molar-refractivity contribution >= 4 is 17.6 Å². The van der Waals surface area contributed by atoms with Crippen LogP contribution < -0.4 is 4.74 Å². The van der Waals surface area contributed by atoms with Crippen LogP contribution in [0.15, 0.2) is 42.5 Å². The van der Waals surface area contributed by atoms with Gasteiger partial charge in [0, 0.05) is 5.02 Å². The summed E-state index contributed by atoms with van der Waals surface area (Å²) in [5.74, 6) is -0.835. The summed E-state index contributed by atoms with van der Waals surface area (Å²) in [7, 11) is 0. The van der Waals surface area contributed by atoms with E-state index in [9.17, 15) is 35.4 Å². The van der Waals surface area contributed by atoms with E-state index in [4.69, 9.17) is 16.3 Å². The number of hydrogen-bond donors (Lipinski definition) is 6. The van der Waals surface area contributed by atoms with E-state index in [2.05, 4.69) is 0 Å². The van der Waals surface area contributed by atoms with Gasteiger partial charge in [-0.3, -0.25) is 4.79 Å². The zero-order valence-corrected chi connectivity index (χ0v) is 18.7. The Morgan fingerprint density at radius 3 is 2.33 bits per heavy atom. The van der Waals surface area contributed by atoms with Crippen molar-refractivity contribution in [1.82, 2.24) is 0 Å². The lowest BCUT2D eigenvalue weighted by Gasteiger charge is -2.51. The monoisotopic (exact) mass is 478 g/mol. The third-order valence-corrected chi connectivity index (χ3v) is 7.63. The highest BCUT2D eigenvalue weighted by molar-refractivity contribution is 6.31. The van der Waals surface area contributed by atoms with Gasteiger partial charge in [-0.1, -0.05) is 35.9 Å². The average molecular weight is 479 g/mol. The molecule has 33 heavy (non-hydrogen) atoms. The van der Waals surface area contributed by atoms with E-state index in [1.54, 1.807) is 12.1 Å². The molecule has 9 heteroatoms. The number of fused-ring (bicyclic) bond motifs is 2.